The summed E-state index contributed by atoms with van der Waals surface area (Å²) in [6.07, 6.45) is 10.2. The largest absolute Gasteiger partial charge is 0.462 e. The molecular formula is C13H23NO2. The minimum atomic E-state index is -0.0306. The fourth-order valence-electron chi connectivity index (χ4n) is 2.89. The number of hydrogen-bond acceptors (Lipinski definition) is 3. The van der Waals surface area contributed by atoms with Gasteiger partial charge < -0.3 is 10.5 Å². The average Bonchev–Trinajstić information content (AvgIpc) is 2.53. The van der Waals surface area contributed by atoms with Gasteiger partial charge in [0, 0.05) is 6.04 Å². The van der Waals surface area contributed by atoms with Crippen molar-refractivity contribution in [2.24, 2.45) is 11.7 Å². The summed E-state index contributed by atoms with van der Waals surface area (Å²) in [6.45, 7) is 0. The van der Waals surface area contributed by atoms with Crippen molar-refractivity contribution >= 4 is 5.97 Å². The molecule has 2 aliphatic rings. The lowest BCUT2D eigenvalue weighted by molar-refractivity contribution is -0.154. The van der Waals surface area contributed by atoms with Crippen molar-refractivity contribution in [2.75, 3.05) is 0 Å². The summed E-state index contributed by atoms with van der Waals surface area (Å²) < 4.78 is 5.61. The third kappa shape index (κ3) is 2.97. The number of rotatable bonds is 2. The molecule has 0 saturated heterocycles. The summed E-state index contributed by atoms with van der Waals surface area (Å²) in [5, 5.41) is 0. The van der Waals surface area contributed by atoms with Crippen LogP contribution in [-0.2, 0) is 9.53 Å². The van der Waals surface area contributed by atoms with Crippen molar-refractivity contribution in [3.05, 3.63) is 0 Å². The number of hydrogen-bond donors (Lipinski definition) is 1. The van der Waals surface area contributed by atoms with Gasteiger partial charge in [0.2, 0.25) is 0 Å². The second kappa shape index (κ2) is 5.67. The number of nitrogens with two attached hydrogens (primary N) is 1. The Morgan fingerprint density at radius 3 is 2.19 bits per heavy atom. The highest BCUT2D eigenvalue weighted by Gasteiger charge is 2.32. The third-order valence-corrected chi connectivity index (χ3v) is 3.96. The van der Waals surface area contributed by atoms with Crippen LogP contribution in [0.4, 0.5) is 0 Å². The van der Waals surface area contributed by atoms with E-state index < -0.39 is 0 Å². The number of carbonyl (C=O) groups is 1. The molecule has 0 aromatic heterocycles. The molecule has 0 bridgehead atoms. The lowest BCUT2D eigenvalue weighted by atomic mass is 10.0. The van der Waals surface area contributed by atoms with Gasteiger partial charge >= 0.3 is 5.97 Å². The molecule has 0 aromatic carbocycles. The van der Waals surface area contributed by atoms with E-state index in [0.717, 1.165) is 32.1 Å². The van der Waals surface area contributed by atoms with E-state index in [4.69, 9.17) is 10.5 Å². The molecule has 2 saturated carbocycles. The van der Waals surface area contributed by atoms with Gasteiger partial charge in [-0.1, -0.05) is 19.3 Å². The van der Waals surface area contributed by atoms with Crippen LogP contribution in [0.3, 0.4) is 0 Å². The zero-order valence-corrected chi connectivity index (χ0v) is 9.99. The quantitative estimate of drug-likeness (QED) is 0.580. The van der Waals surface area contributed by atoms with Crippen LogP contribution in [0.15, 0.2) is 0 Å². The molecule has 2 aliphatic carbocycles. The fourth-order valence-corrected chi connectivity index (χ4v) is 2.89. The molecule has 0 aromatic rings. The van der Waals surface area contributed by atoms with Crippen LogP contribution in [-0.4, -0.2) is 18.1 Å². The molecule has 0 heterocycles. The van der Waals surface area contributed by atoms with Crippen LogP contribution in [0, 0.1) is 5.92 Å². The van der Waals surface area contributed by atoms with Gasteiger partial charge in [-0.3, -0.25) is 4.79 Å². The van der Waals surface area contributed by atoms with Crippen LogP contribution in [0.2, 0.25) is 0 Å². The molecule has 3 heteroatoms. The van der Waals surface area contributed by atoms with E-state index in [1.165, 1.54) is 25.7 Å². The smallest absolute Gasteiger partial charge is 0.310 e. The molecule has 16 heavy (non-hydrogen) atoms. The zero-order valence-electron chi connectivity index (χ0n) is 9.99. The normalized spacial score (nSPS) is 32.3. The Bertz CT molecular complexity index is 234. The lowest BCUT2D eigenvalue weighted by Crippen LogP contribution is -2.33. The van der Waals surface area contributed by atoms with Crippen LogP contribution in [0.5, 0.6) is 0 Å². The van der Waals surface area contributed by atoms with Gasteiger partial charge in [-0.15, -0.1) is 0 Å². The summed E-state index contributed by atoms with van der Waals surface area (Å²) in [5.74, 6) is -0.0554. The molecular weight excluding hydrogens is 202 g/mol. The molecule has 2 atom stereocenters. The predicted octanol–water partition coefficient (Wildman–Crippen LogP) is 2.38. The Morgan fingerprint density at radius 1 is 0.938 bits per heavy atom. The van der Waals surface area contributed by atoms with E-state index in [1.807, 2.05) is 0 Å². The molecule has 2 rings (SSSR count). The minimum Gasteiger partial charge on any atom is -0.462 e. The van der Waals surface area contributed by atoms with Gasteiger partial charge in [-0.05, 0) is 38.5 Å². The molecule has 2 N–H and O–H groups in total. The van der Waals surface area contributed by atoms with Crippen LogP contribution in [0.25, 0.3) is 0 Å². The van der Waals surface area contributed by atoms with Gasteiger partial charge in [-0.2, -0.15) is 0 Å². The first-order valence-corrected chi connectivity index (χ1v) is 6.73. The summed E-state index contributed by atoms with van der Waals surface area (Å²) in [4.78, 5) is 11.9. The molecule has 92 valence electrons. The van der Waals surface area contributed by atoms with Crippen molar-refractivity contribution < 1.29 is 9.53 Å². The molecule has 3 nitrogen and oxygen atoms in total. The Balaban J connectivity index is 1.81. The molecule has 0 aliphatic heterocycles. The summed E-state index contributed by atoms with van der Waals surface area (Å²) in [5.41, 5.74) is 5.92. The standard InChI is InChI=1S/C13H23NO2/c14-12-9-5-8-11(12)13(15)16-10-6-3-1-2-4-7-10/h10-12H,1-9,14H2. The van der Waals surface area contributed by atoms with E-state index in [1.54, 1.807) is 0 Å². The molecule has 0 spiro atoms. The van der Waals surface area contributed by atoms with Crippen molar-refractivity contribution in [3.63, 3.8) is 0 Å². The maximum atomic E-state index is 11.9. The van der Waals surface area contributed by atoms with E-state index in [2.05, 4.69) is 0 Å². The van der Waals surface area contributed by atoms with Crippen molar-refractivity contribution in [1.82, 2.24) is 0 Å². The monoisotopic (exact) mass is 225 g/mol. The van der Waals surface area contributed by atoms with Gasteiger partial charge in [0.1, 0.15) is 6.10 Å². The number of carbonyl (C=O) groups excluding carboxylic acids is 1. The Labute approximate surface area is 97.7 Å². The zero-order chi connectivity index (χ0) is 11.4. The lowest BCUT2D eigenvalue weighted by Gasteiger charge is -2.20. The maximum absolute atomic E-state index is 11.9. The van der Waals surface area contributed by atoms with Crippen LogP contribution < -0.4 is 5.73 Å². The summed E-state index contributed by atoms with van der Waals surface area (Å²) in [6, 6.07) is 0.0401. The van der Waals surface area contributed by atoms with Crippen LogP contribution in [0.1, 0.15) is 57.8 Å². The van der Waals surface area contributed by atoms with Gasteiger partial charge in [0.15, 0.2) is 0 Å². The highest BCUT2D eigenvalue weighted by atomic mass is 16.5. The van der Waals surface area contributed by atoms with Gasteiger partial charge in [0.25, 0.3) is 0 Å². The summed E-state index contributed by atoms with van der Waals surface area (Å²) >= 11 is 0. The number of ether oxygens (including phenoxy) is 1. The van der Waals surface area contributed by atoms with E-state index >= 15 is 0 Å². The number of esters is 1. The Kier molecular flexibility index (Phi) is 4.22. The first kappa shape index (κ1) is 11.9. The van der Waals surface area contributed by atoms with E-state index in [9.17, 15) is 4.79 Å². The fraction of sp³-hybridized carbons (Fsp3) is 0.923. The first-order chi connectivity index (χ1) is 7.77. The van der Waals surface area contributed by atoms with Crippen molar-refractivity contribution in [2.45, 2.75) is 69.9 Å². The van der Waals surface area contributed by atoms with Gasteiger partial charge in [0.05, 0.1) is 5.92 Å². The average molecular weight is 225 g/mol. The van der Waals surface area contributed by atoms with Crippen molar-refractivity contribution in [1.29, 1.82) is 0 Å². The predicted molar refractivity (Wildman–Crippen MR) is 62.9 cm³/mol. The Morgan fingerprint density at radius 2 is 1.62 bits per heavy atom. The van der Waals surface area contributed by atoms with Gasteiger partial charge in [-0.25, -0.2) is 0 Å². The third-order valence-electron chi connectivity index (χ3n) is 3.96. The maximum Gasteiger partial charge on any atom is 0.310 e. The summed E-state index contributed by atoms with van der Waals surface area (Å²) in [7, 11) is 0. The van der Waals surface area contributed by atoms with E-state index in [-0.39, 0.29) is 24.0 Å². The first-order valence-electron chi connectivity index (χ1n) is 6.73. The molecule has 2 fully saturated rings. The molecule has 0 radical (unpaired) electrons. The minimum absolute atomic E-state index is 0.0248. The molecule has 2 unspecified atom stereocenters. The van der Waals surface area contributed by atoms with Crippen molar-refractivity contribution in [3.8, 4) is 0 Å². The molecule has 0 amide bonds. The van der Waals surface area contributed by atoms with E-state index in [0.29, 0.717) is 0 Å². The SMILES string of the molecule is NC1CCCC1C(=O)OC1CCCCCC1. The highest BCUT2D eigenvalue weighted by molar-refractivity contribution is 5.73. The second-order valence-corrected chi connectivity index (χ2v) is 5.25. The topological polar surface area (TPSA) is 52.3 Å². The second-order valence-electron chi connectivity index (χ2n) is 5.25. The van der Waals surface area contributed by atoms with Crippen LogP contribution >= 0.6 is 0 Å². The Hall–Kier alpha value is -0.570. The highest BCUT2D eigenvalue weighted by Crippen LogP contribution is 2.27.